The van der Waals surface area contributed by atoms with Gasteiger partial charge in [0.25, 0.3) is 0 Å². The molecule has 130 valence electrons. The number of hydrogen-bond acceptors (Lipinski definition) is 2. The van der Waals surface area contributed by atoms with Crippen molar-refractivity contribution < 1.29 is 23.1 Å². The highest BCUT2D eigenvalue weighted by atomic mass is 19.4. The molecule has 0 amide bonds. The van der Waals surface area contributed by atoms with E-state index < -0.39 is 17.3 Å². The van der Waals surface area contributed by atoms with Crippen LogP contribution >= 0.6 is 0 Å². The van der Waals surface area contributed by atoms with Gasteiger partial charge in [-0.05, 0) is 50.3 Å². The van der Waals surface area contributed by atoms with Crippen LogP contribution in [0.1, 0.15) is 31.4 Å². The monoisotopic (exact) mass is 346 g/mol. The Balaban J connectivity index is 2.16. The fourth-order valence-electron chi connectivity index (χ4n) is 2.26. The number of carbonyl (C=O) groups excluding carboxylic acids is 1. The van der Waals surface area contributed by atoms with E-state index in [-0.39, 0.29) is 17.8 Å². The molecule has 0 saturated heterocycles. The molecule has 0 aromatic heterocycles. The highest BCUT2D eigenvalue weighted by Gasteiger charge is 2.36. The van der Waals surface area contributed by atoms with E-state index in [4.69, 9.17) is 0 Å². The highest BCUT2D eigenvalue weighted by molar-refractivity contribution is 6.09. The number of carbonyl (C=O) groups is 1. The lowest BCUT2D eigenvalue weighted by Gasteiger charge is -2.19. The fourth-order valence-corrected chi connectivity index (χ4v) is 2.26. The number of rotatable bonds is 2. The van der Waals surface area contributed by atoms with Crippen molar-refractivity contribution in [2.75, 3.05) is 0 Å². The smallest absolute Gasteiger partial charge is 0.380 e. The number of aliphatic hydroxyl groups is 1. The largest absolute Gasteiger partial charge is 0.416 e. The van der Waals surface area contributed by atoms with E-state index in [2.05, 4.69) is 11.8 Å². The lowest BCUT2D eigenvalue weighted by molar-refractivity contribution is -0.137. The minimum absolute atomic E-state index is 0.0291. The third-order valence-corrected chi connectivity index (χ3v) is 3.63. The summed E-state index contributed by atoms with van der Waals surface area (Å²) < 4.78 is 37.5. The van der Waals surface area contributed by atoms with Gasteiger partial charge in [0.1, 0.15) is 5.60 Å². The van der Waals surface area contributed by atoms with Crippen molar-refractivity contribution in [3.8, 4) is 11.8 Å². The standard InChI is InChI=1S/C20H17F3O2/c1-14(2)5-10-17-18(24)11-13-19(17,25)12-3-4-15-6-8-16(9-7-15)20(21,22)23/h5-11,13,25H,12H2,1-2H3/b17-10-. The molecule has 1 aromatic carbocycles. The van der Waals surface area contributed by atoms with Crippen LogP contribution in [-0.4, -0.2) is 16.5 Å². The van der Waals surface area contributed by atoms with Crippen LogP contribution in [0, 0.1) is 11.8 Å². The van der Waals surface area contributed by atoms with Crippen LogP contribution in [0.4, 0.5) is 13.2 Å². The molecule has 0 bridgehead atoms. The number of hydrogen-bond donors (Lipinski definition) is 1. The molecule has 1 unspecified atom stereocenters. The Morgan fingerprint density at radius 1 is 1.24 bits per heavy atom. The summed E-state index contributed by atoms with van der Waals surface area (Å²) in [6.07, 6.45) is 1.57. The molecule has 1 N–H and O–H groups in total. The van der Waals surface area contributed by atoms with Crippen LogP contribution in [0.25, 0.3) is 0 Å². The average molecular weight is 346 g/mol. The topological polar surface area (TPSA) is 37.3 Å². The minimum Gasteiger partial charge on any atom is -0.380 e. The zero-order chi connectivity index (χ0) is 18.7. The van der Waals surface area contributed by atoms with Crippen LogP contribution in [0.15, 0.2) is 59.7 Å². The Bertz CT molecular complexity index is 811. The second-order valence-corrected chi connectivity index (χ2v) is 6.00. The van der Waals surface area contributed by atoms with Gasteiger partial charge in [0, 0.05) is 17.6 Å². The number of ketones is 1. The third-order valence-electron chi connectivity index (χ3n) is 3.63. The van der Waals surface area contributed by atoms with E-state index in [9.17, 15) is 23.1 Å². The van der Waals surface area contributed by atoms with Crippen molar-refractivity contribution >= 4 is 5.78 Å². The molecule has 2 nitrogen and oxygen atoms in total. The van der Waals surface area contributed by atoms with Gasteiger partial charge in [0.15, 0.2) is 5.78 Å². The van der Waals surface area contributed by atoms with E-state index in [0.29, 0.717) is 5.56 Å². The lowest BCUT2D eigenvalue weighted by Crippen LogP contribution is -2.27. The highest BCUT2D eigenvalue weighted by Crippen LogP contribution is 2.30. The van der Waals surface area contributed by atoms with E-state index in [1.165, 1.54) is 24.3 Å². The molecule has 0 fully saturated rings. The third kappa shape index (κ3) is 4.71. The van der Waals surface area contributed by atoms with Crippen molar-refractivity contribution in [2.45, 2.75) is 32.0 Å². The molecular formula is C20H17F3O2. The molecule has 0 spiro atoms. The Kier molecular flexibility index (Phi) is 5.34. The van der Waals surface area contributed by atoms with Crippen molar-refractivity contribution in [1.29, 1.82) is 0 Å². The van der Waals surface area contributed by atoms with E-state index in [1.54, 1.807) is 12.2 Å². The molecule has 25 heavy (non-hydrogen) atoms. The predicted molar refractivity (Wildman–Crippen MR) is 89.5 cm³/mol. The van der Waals surface area contributed by atoms with Gasteiger partial charge < -0.3 is 5.11 Å². The SMILES string of the molecule is CC(C)=C/C=C1/C(=O)C=CC1(O)CC#Cc1ccc(C(F)(F)F)cc1. The van der Waals surface area contributed by atoms with Gasteiger partial charge in [0.2, 0.25) is 0 Å². The van der Waals surface area contributed by atoms with Crippen LogP contribution in [-0.2, 0) is 11.0 Å². The zero-order valence-electron chi connectivity index (χ0n) is 13.8. The molecule has 1 aromatic rings. The minimum atomic E-state index is -4.39. The summed E-state index contributed by atoms with van der Waals surface area (Å²) in [5.41, 5.74) is -0.615. The van der Waals surface area contributed by atoms with Crippen LogP contribution < -0.4 is 0 Å². The second kappa shape index (κ2) is 7.12. The summed E-state index contributed by atoms with van der Waals surface area (Å²) in [6, 6.07) is 4.46. The van der Waals surface area contributed by atoms with Crippen molar-refractivity contribution in [3.05, 3.63) is 70.8 Å². The number of benzene rings is 1. The first-order valence-corrected chi connectivity index (χ1v) is 7.59. The van der Waals surface area contributed by atoms with Crippen molar-refractivity contribution in [3.63, 3.8) is 0 Å². The van der Waals surface area contributed by atoms with Crippen LogP contribution in [0.2, 0.25) is 0 Å². The van der Waals surface area contributed by atoms with Gasteiger partial charge in [-0.15, -0.1) is 0 Å². The molecule has 1 aliphatic rings. The molecular weight excluding hydrogens is 329 g/mol. The van der Waals surface area contributed by atoms with E-state index in [0.717, 1.165) is 17.7 Å². The zero-order valence-corrected chi connectivity index (χ0v) is 13.8. The van der Waals surface area contributed by atoms with Crippen LogP contribution in [0.5, 0.6) is 0 Å². The number of allylic oxidation sites excluding steroid dienone is 4. The van der Waals surface area contributed by atoms with Gasteiger partial charge in [0.05, 0.1) is 5.56 Å². The first-order chi connectivity index (χ1) is 11.6. The molecule has 1 atom stereocenters. The maximum atomic E-state index is 12.5. The van der Waals surface area contributed by atoms with Gasteiger partial charge in [-0.1, -0.05) is 29.6 Å². The fraction of sp³-hybridized carbons (Fsp3) is 0.250. The van der Waals surface area contributed by atoms with Gasteiger partial charge >= 0.3 is 6.18 Å². The molecule has 0 saturated carbocycles. The lowest BCUT2D eigenvalue weighted by atomic mass is 9.92. The van der Waals surface area contributed by atoms with Gasteiger partial charge in [-0.25, -0.2) is 0 Å². The molecule has 2 rings (SSSR count). The summed E-state index contributed by atoms with van der Waals surface area (Å²) in [6.45, 7) is 3.74. The van der Waals surface area contributed by atoms with E-state index >= 15 is 0 Å². The van der Waals surface area contributed by atoms with Crippen molar-refractivity contribution in [1.82, 2.24) is 0 Å². The molecule has 0 aliphatic heterocycles. The Morgan fingerprint density at radius 3 is 2.44 bits per heavy atom. The molecule has 0 radical (unpaired) electrons. The Labute approximate surface area is 144 Å². The van der Waals surface area contributed by atoms with Gasteiger partial charge in [-0.2, -0.15) is 13.2 Å². The summed E-state index contributed by atoms with van der Waals surface area (Å²) in [7, 11) is 0. The summed E-state index contributed by atoms with van der Waals surface area (Å²) in [4.78, 5) is 11.9. The molecule has 5 heteroatoms. The Morgan fingerprint density at radius 2 is 1.88 bits per heavy atom. The maximum Gasteiger partial charge on any atom is 0.416 e. The summed E-state index contributed by atoms with van der Waals surface area (Å²) in [5, 5.41) is 10.6. The normalized spacial score (nSPS) is 21.2. The summed E-state index contributed by atoms with van der Waals surface area (Å²) in [5.74, 6) is 5.16. The number of alkyl halides is 3. The maximum absolute atomic E-state index is 12.5. The number of halogens is 3. The quantitative estimate of drug-likeness (QED) is 0.643. The molecule has 0 heterocycles. The predicted octanol–water partition coefficient (Wildman–Crippen LogP) is 4.21. The van der Waals surface area contributed by atoms with E-state index in [1.807, 2.05) is 13.8 Å². The summed E-state index contributed by atoms with van der Waals surface area (Å²) >= 11 is 0. The van der Waals surface area contributed by atoms with Crippen molar-refractivity contribution in [2.24, 2.45) is 0 Å². The average Bonchev–Trinajstić information content (AvgIpc) is 2.80. The Hall–Kier alpha value is -2.58. The first kappa shape index (κ1) is 18.8. The van der Waals surface area contributed by atoms with Crippen LogP contribution in [0.3, 0.4) is 0 Å². The second-order valence-electron chi connectivity index (χ2n) is 6.00. The first-order valence-electron chi connectivity index (χ1n) is 7.59. The van der Waals surface area contributed by atoms with Gasteiger partial charge in [-0.3, -0.25) is 4.79 Å². The molecule has 1 aliphatic carbocycles.